The van der Waals surface area contributed by atoms with Gasteiger partial charge in [0.2, 0.25) is 5.91 Å². The Hall–Kier alpha value is -3.03. The molecule has 0 aliphatic heterocycles. The number of halogens is 1. The van der Waals surface area contributed by atoms with E-state index in [2.05, 4.69) is 5.32 Å². The largest absolute Gasteiger partial charge is 0.497 e. The minimum Gasteiger partial charge on any atom is -0.497 e. The van der Waals surface area contributed by atoms with Crippen LogP contribution >= 0.6 is 11.6 Å². The number of nitrogens with zero attached hydrogens (tertiary/aromatic N) is 1. The Morgan fingerprint density at radius 1 is 1.00 bits per heavy atom. The number of hydrogen-bond donors (Lipinski definition) is 1. The van der Waals surface area contributed by atoms with Crippen molar-refractivity contribution in [1.29, 1.82) is 0 Å². The molecule has 3 aromatic rings. The lowest BCUT2D eigenvalue weighted by atomic mass is 10.0. The number of nitrogens with one attached hydrogen (secondary N) is 1. The summed E-state index contributed by atoms with van der Waals surface area (Å²) in [5.41, 5.74) is 1.43. The van der Waals surface area contributed by atoms with Gasteiger partial charge < -0.3 is 10.1 Å². The fourth-order valence-electron chi connectivity index (χ4n) is 3.15. The van der Waals surface area contributed by atoms with Crippen molar-refractivity contribution >= 4 is 33.2 Å². The molecule has 3 rings (SSSR count). The van der Waals surface area contributed by atoms with Crippen LogP contribution in [0.25, 0.3) is 0 Å². The highest BCUT2D eigenvalue weighted by Crippen LogP contribution is 2.26. The van der Waals surface area contributed by atoms with Gasteiger partial charge in [-0.2, -0.15) is 0 Å². The molecular weight excluding hydrogens is 448 g/mol. The van der Waals surface area contributed by atoms with E-state index in [-0.39, 0.29) is 17.4 Å². The van der Waals surface area contributed by atoms with Gasteiger partial charge in [0, 0.05) is 11.6 Å². The Balaban J connectivity index is 1.81. The van der Waals surface area contributed by atoms with Crippen LogP contribution in [0.5, 0.6) is 5.75 Å². The van der Waals surface area contributed by atoms with Crippen LogP contribution in [0.2, 0.25) is 5.02 Å². The molecule has 0 aromatic heterocycles. The zero-order chi connectivity index (χ0) is 23.1. The summed E-state index contributed by atoms with van der Waals surface area (Å²) in [7, 11) is -2.50. The lowest BCUT2D eigenvalue weighted by Crippen LogP contribution is -2.41. The maximum absolute atomic E-state index is 13.4. The van der Waals surface area contributed by atoms with Crippen LogP contribution in [0.3, 0.4) is 0 Å². The summed E-state index contributed by atoms with van der Waals surface area (Å²) in [5, 5.41) is 3.31. The molecule has 0 aliphatic rings. The molecule has 0 aliphatic carbocycles. The molecule has 0 saturated heterocycles. The first-order valence-electron chi connectivity index (χ1n) is 10.1. The number of sulfonamides is 1. The predicted molar refractivity (Wildman–Crippen MR) is 127 cm³/mol. The molecule has 0 radical (unpaired) electrons. The number of amides is 1. The number of benzene rings is 3. The molecule has 8 heteroatoms. The van der Waals surface area contributed by atoms with E-state index in [4.69, 9.17) is 16.3 Å². The molecular formula is C24H25ClN2O4S. The van der Waals surface area contributed by atoms with E-state index >= 15 is 0 Å². The third-order valence-corrected chi connectivity index (χ3v) is 7.06. The number of ether oxygens (including phenoxy) is 1. The topological polar surface area (TPSA) is 75.7 Å². The third kappa shape index (κ3) is 5.81. The molecule has 6 nitrogen and oxygen atoms in total. The van der Waals surface area contributed by atoms with E-state index in [0.29, 0.717) is 23.0 Å². The second-order valence-electron chi connectivity index (χ2n) is 7.28. The normalized spacial score (nSPS) is 12.1. The van der Waals surface area contributed by atoms with Gasteiger partial charge in [-0.15, -0.1) is 0 Å². The quantitative estimate of drug-likeness (QED) is 0.498. The van der Waals surface area contributed by atoms with Crippen LogP contribution in [0.15, 0.2) is 83.8 Å². The molecule has 0 spiro atoms. The number of methoxy groups -OCH3 is 1. The molecule has 0 fully saturated rings. The smallest absolute Gasteiger partial charge is 0.264 e. The zero-order valence-corrected chi connectivity index (χ0v) is 19.4. The monoisotopic (exact) mass is 472 g/mol. The predicted octanol–water partition coefficient (Wildman–Crippen LogP) is 4.46. The fraction of sp³-hybridized carbons (Fsp3) is 0.208. The second-order valence-corrected chi connectivity index (χ2v) is 9.58. The van der Waals surface area contributed by atoms with Crippen LogP contribution in [0, 0.1) is 0 Å². The first-order chi connectivity index (χ1) is 15.3. The van der Waals surface area contributed by atoms with Gasteiger partial charge >= 0.3 is 0 Å². The summed E-state index contributed by atoms with van der Waals surface area (Å²) in [6.07, 6.45) is 0. The Labute approximate surface area is 193 Å². The summed E-state index contributed by atoms with van der Waals surface area (Å²) in [4.78, 5) is 12.8. The number of hydrogen-bond acceptors (Lipinski definition) is 4. The summed E-state index contributed by atoms with van der Waals surface area (Å²) in [6, 6.07) is 22.1. The van der Waals surface area contributed by atoms with Gasteiger partial charge in [-0.05, 0) is 60.0 Å². The molecule has 0 saturated carbocycles. The van der Waals surface area contributed by atoms with Gasteiger partial charge in [-0.25, -0.2) is 8.42 Å². The number of carbonyl (C=O) groups excluding carboxylic acids is 1. The van der Waals surface area contributed by atoms with Gasteiger partial charge in [0.25, 0.3) is 10.0 Å². The number of anilines is 1. The Kier molecular flexibility index (Phi) is 7.77. The van der Waals surface area contributed by atoms with Crippen molar-refractivity contribution in [1.82, 2.24) is 5.32 Å². The minimum absolute atomic E-state index is 0.0544. The highest BCUT2D eigenvalue weighted by atomic mass is 35.5. The van der Waals surface area contributed by atoms with E-state index in [1.54, 1.807) is 36.4 Å². The minimum atomic E-state index is -4.00. The fourth-order valence-corrected chi connectivity index (χ4v) is 4.70. The van der Waals surface area contributed by atoms with Gasteiger partial charge in [0.1, 0.15) is 12.3 Å². The maximum Gasteiger partial charge on any atom is 0.264 e. The Morgan fingerprint density at radius 2 is 1.62 bits per heavy atom. The van der Waals surface area contributed by atoms with Crippen LogP contribution in [-0.4, -0.2) is 34.5 Å². The molecule has 3 aromatic carbocycles. The summed E-state index contributed by atoms with van der Waals surface area (Å²) in [6.45, 7) is 2.03. The second kappa shape index (κ2) is 10.5. The van der Waals surface area contributed by atoms with Crippen molar-refractivity contribution < 1.29 is 17.9 Å². The van der Waals surface area contributed by atoms with Gasteiger partial charge in [0.15, 0.2) is 0 Å². The van der Waals surface area contributed by atoms with Gasteiger partial charge in [-0.3, -0.25) is 9.10 Å². The first-order valence-corrected chi connectivity index (χ1v) is 11.9. The summed E-state index contributed by atoms with van der Waals surface area (Å²) in [5.74, 6) is 0.219. The molecule has 1 atom stereocenters. The number of carbonyl (C=O) groups is 1. The van der Waals surface area contributed by atoms with Crippen molar-refractivity contribution in [3.8, 4) is 5.75 Å². The van der Waals surface area contributed by atoms with Crippen molar-refractivity contribution in [2.45, 2.75) is 17.7 Å². The lowest BCUT2D eigenvalue weighted by Gasteiger charge is -2.24. The summed E-state index contributed by atoms with van der Waals surface area (Å²) < 4.78 is 33.0. The van der Waals surface area contributed by atoms with E-state index in [1.165, 1.54) is 19.2 Å². The Bertz CT molecular complexity index is 1130. The van der Waals surface area contributed by atoms with E-state index in [9.17, 15) is 13.2 Å². The highest BCUT2D eigenvalue weighted by molar-refractivity contribution is 7.92. The van der Waals surface area contributed by atoms with Crippen LogP contribution in [0.1, 0.15) is 18.4 Å². The maximum atomic E-state index is 13.4. The Morgan fingerprint density at radius 3 is 2.22 bits per heavy atom. The van der Waals surface area contributed by atoms with E-state index in [1.807, 2.05) is 37.3 Å². The lowest BCUT2D eigenvalue weighted by molar-refractivity contribution is -0.119. The molecule has 1 unspecified atom stereocenters. The summed E-state index contributed by atoms with van der Waals surface area (Å²) >= 11 is 5.97. The molecule has 168 valence electrons. The van der Waals surface area contributed by atoms with Crippen molar-refractivity contribution in [3.05, 3.63) is 89.4 Å². The van der Waals surface area contributed by atoms with Crippen molar-refractivity contribution in [3.63, 3.8) is 0 Å². The standard InChI is InChI=1S/C24H25ClN2O4S/c1-18(19-6-4-3-5-7-19)16-26-24(28)17-27(21-10-8-20(25)9-11-21)32(29,30)23-14-12-22(31-2)13-15-23/h3-15,18H,16-17H2,1-2H3,(H,26,28). The third-order valence-electron chi connectivity index (χ3n) is 5.02. The molecule has 32 heavy (non-hydrogen) atoms. The average molecular weight is 473 g/mol. The average Bonchev–Trinajstić information content (AvgIpc) is 2.82. The van der Waals surface area contributed by atoms with Crippen LogP contribution < -0.4 is 14.4 Å². The molecule has 0 heterocycles. The highest BCUT2D eigenvalue weighted by Gasteiger charge is 2.27. The van der Waals surface area contributed by atoms with Crippen molar-refractivity contribution in [2.24, 2.45) is 0 Å². The zero-order valence-electron chi connectivity index (χ0n) is 17.9. The molecule has 1 N–H and O–H groups in total. The van der Waals surface area contributed by atoms with E-state index in [0.717, 1.165) is 9.87 Å². The SMILES string of the molecule is COc1ccc(S(=O)(=O)N(CC(=O)NCC(C)c2ccccc2)c2ccc(Cl)cc2)cc1. The van der Waals surface area contributed by atoms with Crippen LogP contribution in [-0.2, 0) is 14.8 Å². The van der Waals surface area contributed by atoms with Gasteiger partial charge in [-0.1, -0.05) is 48.9 Å². The van der Waals surface area contributed by atoms with Crippen LogP contribution in [0.4, 0.5) is 5.69 Å². The van der Waals surface area contributed by atoms with E-state index < -0.39 is 15.9 Å². The van der Waals surface area contributed by atoms with Gasteiger partial charge in [0.05, 0.1) is 17.7 Å². The molecule has 1 amide bonds. The van der Waals surface area contributed by atoms with Crippen molar-refractivity contribution in [2.75, 3.05) is 24.5 Å². The number of rotatable bonds is 9. The first kappa shape index (κ1) is 23.6. The molecule has 0 bridgehead atoms.